The van der Waals surface area contributed by atoms with Crippen molar-refractivity contribution in [2.45, 2.75) is 40.0 Å². The summed E-state index contributed by atoms with van der Waals surface area (Å²) in [6.45, 7) is 7.11. The lowest BCUT2D eigenvalue weighted by Gasteiger charge is -2.31. The van der Waals surface area contributed by atoms with Crippen LogP contribution in [0.15, 0.2) is 0 Å². The van der Waals surface area contributed by atoms with E-state index in [2.05, 4.69) is 0 Å². The summed E-state index contributed by atoms with van der Waals surface area (Å²) in [7, 11) is 0. The Balaban J connectivity index is 4.18. The van der Waals surface area contributed by atoms with Gasteiger partial charge in [0.05, 0.1) is 13.0 Å². The maximum Gasteiger partial charge on any atom is 0.261 e. The molecule has 0 aromatic rings. The van der Waals surface area contributed by atoms with Gasteiger partial charge in [-0.1, -0.05) is 20.8 Å². The molecule has 2 N–H and O–H groups in total. The molecule has 0 fully saturated rings. The van der Waals surface area contributed by atoms with Gasteiger partial charge in [-0.25, -0.2) is 8.78 Å². The molecule has 0 aromatic heterocycles. The number of nitrogens with zero attached hydrogens (tertiary/aromatic N) is 1. The first-order valence-corrected chi connectivity index (χ1v) is 6.66. The number of amides is 1. The molecule has 114 valence electrons. The van der Waals surface area contributed by atoms with E-state index >= 15 is 0 Å². The van der Waals surface area contributed by atoms with E-state index in [1.165, 1.54) is 0 Å². The molecule has 1 amide bonds. The minimum absolute atomic E-state index is 0.0342. The Morgan fingerprint density at radius 3 is 2.53 bits per heavy atom. The largest absolute Gasteiger partial charge is 0.375 e. The highest BCUT2D eigenvalue weighted by molar-refractivity contribution is 5.76. The lowest BCUT2D eigenvalue weighted by atomic mass is 9.93. The van der Waals surface area contributed by atoms with Gasteiger partial charge in [0.25, 0.3) is 6.43 Å². The molecule has 4 nitrogen and oxygen atoms in total. The zero-order chi connectivity index (χ0) is 14.9. The van der Waals surface area contributed by atoms with Crippen molar-refractivity contribution >= 4 is 5.91 Å². The molecule has 0 saturated carbocycles. The van der Waals surface area contributed by atoms with E-state index in [-0.39, 0.29) is 24.3 Å². The topological polar surface area (TPSA) is 55.6 Å². The first-order chi connectivity index (χ1) is 8.82. The summed E-state index contributed by atoms with van der Waals surface area (Å²) in [4.78, 5) is 13.7. The second kappa shape index (κ2) is 9.20. The van der Waals surface area contributed by atoms with Gasteiger partial charge in [-0.05, 0) is 18.4 Å². The number of ether oxygens (including phenoxy) is 1. The van der Waals surface area contributed by atoms with Gasteiger partial charge >= 0.3 is 0 Å². The Hall–Kier alpha value is -0.750. The summed E-state index contributed by atoms with van der Waals surface area (Å²) in [5.74, 6) is -0.0716. The van der Waals surface area contributed by atoms with E-state index in [0.29, 0.717) is 19.6 Å². The number of carbonyl (C=O) groups is 1. The Kier molecular flexibility index (Phi) is 8.84. The van der Waals surface area contributed by atoms with Crippen molar-refractivity contribution in [2.24, 2.45) is 11.1 Å². The van der Waals surface area contributed by atoms with Crippen LogP contribution in [-0.4, -0.2) is 50.1 Å². The number of rotatable bonds is 10. The maximum atomic E-state index is 12.0. The zero-order valence-electron chi connectivity index (χ0n) is 12.1. The minimum atomic E-state index is -2.49. The van der Waals surface area contributed by atoms with Crippen LogP contribution in [0.3, 0.4) is 0 Å². The van der Waals surface area contributed by atoms with E-state index in [9.17, 15) is 13.6 Å². The molecule has 0 rings (SSSR count). The predicted octanol–water partition coefficient (Wildman–Crippen LogP) is 1.88. The first kappa shape index (κ1) is 18.2. The molecule has 19 heavy (non-hydrogen) atoms. The van der Waals surface area contributed by atoms with Crippen LogP contribution in [0.1, 0.15) is 33.6 Å². The number of halogens is 2. The van der Waals surface area contributed by atoms with Crippen molar-refractivity contribution in [2.75, 3.05) is 32.8 Å². The molecule has 0 saturated heterocycles. The third-order valence-electron chi connectivity index (χ3n) is 2.72. The van der Waals surface area contributed by atoms with Crippen molar-refractivity contribution in [1.82, 2.24) is 4.90 Å². The Labute approximate surface area is 114 Å². The molecular formula is C13H26F2N2O2. The van der Waals surface area contributed by atoms with Crippen LogP contribution < -0.4 is 5.73 Å². The molecule has 0 aliphatic rings. The van der Waals surface area contributed by atoms with E-state index in [0.717, 1.165) is 6.42 Å². The predicted molar refractivity (Wildman–Crippen MR) is 71.1 cm³/mol. The maximum absolute atomic E-state index is 12.0. The molecule has 0 unspecified atom stereocenters. The van der Waals surface area contributed by atoms with Crippen LogP contribution in [-0.2, 0) is 9.53 Å². The molecule has 6 heteroatoms. The van der Waals surface area contributed by atoms with E-state index in [4.69, 9.17) is 10.5 Å². The van der Waals surface area contributed by atoms with Gasteiger partial charge in [-0.3, -0.25) is 4.79 Å². The summed E-state index contributed by atoms with van der Waals surface area (Å²) < 4.78 is 28.5. The number of alkyl halides is 2. The molecule has 0 bridgehead atoms. The van der Waals surface area contributed by atoms with Crippen molar-refractivity contribution in [3.05, 3.63) is 0 Å². The van der Waals surface area contributed by atoms with Crippen LogP contribution in [0, 0.1) is 5.41 Å². The van der Waals surface area contributed by atoms with Crippen LogP contribution in [0.4, 0.5) is 8.78 Å². The van der Waals surface area contributed by atoms with Crippen LogP contribution >= 0.6 is 0 Å². The number of carbonyl (C=O) groups excluding carboxylic acids is 1. The first-order valence-electron chi connectivity index (χ1n) is 6.66. The van der Waals surface area contributed by atoms with E-state index < -0.39 is 13.0 Å². The van der Waals surface area contributed by atoms with Gasteiger partial charge in [0.2, 0.25) is 5.91 Å². The SMILES string of the molecule is CCCN(CC(C)(C)CN)C(=O)CCOCC(F)F. The smallest absolute Gasteiger partial charge is 0.261 e. The quantitative estimate of drug-likeness (QED) is 0.622. The molecule has 0 atom stereocenters. The lowest BCUT2D eigenvalue weighted by Crippen LogP contribution is -2.42. The Morgan fingerprint density at radius 1 is 1.42 bits per heavy atom. The highest BCUT2D eigenvalue weighted by Crippen LogP contribution is 2.16. The highest BCUT2D eigenvalue weighted by atomic mass is 19.3. The Bertz CT molecular complexity index is 261. The van der Waals surface area contributed by atoms with Crippen molar-refractivity contribution in [3.8, 4) is 0 Å². The normalized spacial score (nSPS) is 11.9. The molecule has 0 radical (unpaired) electrons. The van der Waals surface area contributed by atoms with E-state index in [1.807, 2.05) is 20.8 Å². The highest BCUT2D eigenvalue weighted by Gasteiger charge is 2.23. The Morgan fingerprint density at radius 2 is 2.05 bits per heavy atom. The summed E-state index contributed by atoms with van der Waals surface area (Å²) in [6, 6.07) is 0. The van der Waals surface area contributed by atoms with Crippen molar-refractivity contribution in [3.63, 3.8) is 0 Å². The van der Waals surface area contributed by atoms with Gasteiger partial charge in [0.15, 0.2) is 0 Å². The average Bonchev–Trinajstić information content (AvgIpc) is 2.33. The molecule has 0 aliphatic heterocycles. The standard InChI is InChI=1S/C13H26F2N2O2/c1-4-6-17(10-13(2,3)9-16)12(18)5-7-19-8-11(14)15/h11H,4-10,16H2,1-3H3. The van der Waals surface area contributed by atoms with Crippen molar-refractivity contribution < 1.29 is 18.3 Å². The number of hydrogen-bond donors (Lipinski definition) is 1. The third-order valence-corrected chi connectivity index (χ3v) is 2.72. The molecule has 0 spiro atoms. The molecule has 0 aromatic carbocycles. The summed E-state index contributed by atoms with van der Waals surface area (Å²) >= 11 is 0. The van der Waals surface area contributed by atoms with E-state index in [1.54, 1.807) is 4.90 Å². The molecule has 0 aliphatic carbocycles. The molecular weight excluding hydrogens is 254 g/mol. The van der Waals surface area contributed by atoms with Crippen LogP contribution in [0.5, 0.6) is 0 Å². The zero-order valence-corrected chi connectivity index (χ0v) is 12.1. The second-order valence-corrected chi connectivity index (χ2v) is 5.40. The summed E-state index contributed by atoms with van der Waals surface area (Å²) in [5, 5.41) is 0. The van der Waals surface area contributed by atoms with Gasteiger partial charge in [0, 0.05) is 13.1 Å². The van der Waals surface area contributed by atoms with Gasteiger partial charge in [-0.2, -0.15) is 0 Å². The molecule has 0 heterocycles. The fourth-order valence-electron chi connectivity index (χ4n) is 1.63. The van der Waals surface area contributed by atoms with Crippen molar-refractivity contribution in [1.29, 1.82) is 0 Å². The minimum Gasteiger partial charge on any atom is -0.375 e. The summed E-state index contributed by atoms with van der Waals surface area (Å²) in [5.41, 5.74) is 5.52. The second-order valence-electron chi connectivity index (χ2n) is 5.40. The third kappa shape index (κ3) is 8.88. The summed E-state index contributed by atoms with van der Waals surface area (Å²) in [6.07, 6.45) is -1.50. The number of hydrogen-bond acceptors (Lipinski definition) is 3. The van der Waals surface area contributed by atoms with Gasteiger partial charge in [0.1, 0.15) is 6.61 Å². The lowest BCUT2D eigenvalue weighted by molar-refractivity contribution is -0.134. The average molecular weight is 280 g/mol. The van der Waals surface area contributed by atoms with Crippen LogP contribution in [0.2, 0.25) is 0 Å². The van der Waals surface area contributed by atoms with Gasteiger partial charge < -0.3 is 15.4 Å². The van der Waals surface area contributed by atoms with Crippen LogP contribution in [0.25, 0.3) is 0 Å². The number of nitrogens with two attached hydrogens (primary N) is 1. The fraction of sp³-hybridized carbons (Fsp3) is 0.923. The van der Waals surface area contributed by atoms with Gasteiger partial charge in [-0.15, -0.1) is 0 Å². The monoisotopic (exact) mass is 280 g/mol. The fourth-order valence-corrected chi connectivity index (χ4v) is 1.63.